The molecular weight excluding hydrogens is 318 g/mol. The minimum Gasteiger partial charge on any atom is -0.469 e. The third kappa shape index (κ3) is 4.43. The van der Waals surface area contributed by atoms with Gasteiger partial charge in [-0.05, 0) is 42.5 Å². The lowest BCUT2D eigenvalue weighted by atomic mass is 9.87. The van der Waals surface area contributed by atoms with Gasteiger partial charge in [0.2, 0.25) is 0 Å². The number of esters is 1. The first-order valence-corrected chi connectivity index (χ1v) is 7.97. The van der Waals surface area contributed by atoms with Crippen LogP contribution in [0.25, 0.3) is 0 Å². The Morgan fingerprint density at radius 2 is 2.12 bits per heavy atom. The second kappa shape index (κ2) is 8.08. The number of piperidine rings is 1. The summed E-state index contributed by atoms with van der Waals surface area (Å²) in [6, 6.07) is 3.00. The van der Waals surface area contributed by atoms with Crippen molar-refractivity contribution in [2.45, 2.75) is 19.8 Å². The number of ether oxygens (including phenoxy) is 1. The maximum atomic E-state index is 13.5. The van der Waals surface area contributed by atoms with Crippen molar-refractivity contribution in [2.24, 2.45) is 11.8 Å². The van der Waals surface area contributed by atoms with Crippen molar-refractivity contribution < 1.29 is 23.1 Å². The van der Waals surface area contributed by atoms with Gasteiger partial charge in [-0.25, -0.2) is 13.6 Å². The van der Waals surface area contributed by atoms with E-state index in [-0.39, 0.29) is 42.4 Å². The van der Waals surface area contributed by atoms with E-state index in [2.05, 4.69) is 5.32 Å². The zero-order chi connectivity index (χ0) is 17.7. The minimum absolute atomic E-state index is 0.0117. The smallest absolute Gasteiger partial charge is 0.317 e. The van der Waals surface area contributed by atoms with E-state index in [1.807, 2.05) is 6.92 Å². The summed E-state index contributed by atoms with van der Waals surface area (Å²) in [6.07, 6.45) is 0.767. The number of hydrogen-bond donors (Lipinski definition) is 1. The van der Waals surface area contributed by atoms with Gasteiger partial charge in [0.25, 0.3) is 0 Å². The molecule has 1 aromatic carbocycles. The van der Waals surface area contributed by atoms with Gasteiger partial charge in [0, 0.05) is 19.6 Å². The zero-order valence-corrected chi connectivity index (χ0v) is 13.9. The average Bonchev–Trinajstić information content (AvgIpc) is 2.57. The lowest BCUT2D eigenvalue weighted by Gasteiger charge is -2.35. The van der Waals surface area contributed by atoms with Crippen molar-refractivity contribution in [1.82, 2.24) is 10.2 Å². The summed E-state index contributed by atoms with van der Waals surface area (Å²) in [6.45, 7) is 3.04. The molecule has 132 valence electrons. The van der Waals surface area contributed by atoms with Crippen LogP contribution in [0.3, 0.4) is 0 Å². The van der Waals surface area contributed by atoms with Gasteiger partial charge in [-0.1, -0.05) is 6.92 Å². The summed E-state index contributed by atoms with van der Waals surface area (Å²) in [5.74, 6) is -1.42. The number of benzene rings is 1. The first-order valence-electron chi connectivity index (χ1n) is 7.97. The van der Waals surface area contributed by atoms with Crippen molar-refractivity contribution in [3.05, 3.63) is 35.4 Å². The molecule has 0 aromatic heterocycles. The van der Waals surface area contributed by atoms with E-state index in [4.69, 9.17) is 4.74 Å². The summed E-state index contributed by atoms with van der Waals surface area (Å²) in [5, 5.41) is 2.71. The highest BCUT2D eigenvalue weighted by Crippen LogP contribution is 2.24. The van der Waals surface area contributed by atoms with Gasteiger partial charge in [0.1, 0.15) is 11.6 Å². The third-order valence-corrected chi connectivity index (χ3v) is 4.37. The number of carbonyl (C=O) groups excluding carboxylic acids is 2. The fourth-order valence-corrected chi connectivity index (χ4v) is 2.98. The summed E-state index contributed by atoms with van der Waals surface area (Å²) in [5.41, 5.74) is 0.230. The van der Waals surface area contributed by atoms with Crippen LogP contribution in [0.2, 0.25) is 0 Å². The molecule has 2 atom stereocenters. The van der Waals surface area contributed by atoms with Gasteiger partial charge in [-0.2, -0.15) is 0 Å². The second-order valence-electron chi connectivity index (χ2n) is 6.06. The number of carbonyl (C=O) groups is 2. The lowest BCUT2D eigenvalue weighted by Crippen LogP contribution is -2.49. The summed E-state index contributed by atoms with van der Waals surface area (Å²) < 4.78 is 31.4. The quantitative estimate of drug-likeness (QED) is 0.856. The van der Waals surface area contributed by atoms with E-state index in [0.717, 1.165) is 18.2 Å². The molecule has 1 aliphatic rings. The molecule has 1 aromatic rings. The fraction of sp³-hybridized carbons (Fsp3) is 0.529. The van der Waals surface area contributed by atoms with E-state index < -0.39 is 11.6 Å². The number of amides is 2. The molecule has 1 saturated heterocycles. The predicted molar refractivity (Wildman–Crippen MR) is 84.3 cm³/mol. The first-order chi connectivity index (χ1) is 11.4. The topological polar surface area (TPSA) is 58.6 Å². The molecule has 0 saturated carbocycles. The van der Waals surface area contributed by atoms with E-state index in [0.29, 0.717) is 19.5 Å². The third-order valence-electron chi connectivity index (χ3n) is 4.37. The van der Waals surface area contributed by atoms with E-state index in [1.165, 1.54) is 7.11 Å². The molecule has 1 aliphatic heterocycles. The molecule has 0 radical (unpaired) electrons. The Morgan fingerprint density at radius 3 is 2.79 bits per heavy atom. The molecule has 2 amide bonds. The molecule has 0 aliphatic carbocycles. The molecule has 2 rings (SSSR count). The van der Waals surface area contributed by atoms with Crippen molar-refractivity contribution in [3.8, 4) is 0 Å². The molecule has 7 heteroatoms. The number of halogens is 2. The Bertz CT molecular complexity index is 609. The minimum atomic E-state index is -0.503. The average molecular weight is 340 g/mol. The summed E-state index contributed by atoms with van der Waals surface area (Å²) in [4.78, 5) is 25.4. The van der Waals surface area contributed by atoms with Crippen LogP contribution in [0.15, 0.2) is 18.2 Å². The Balaban J connectivity index is 1.81. The fourth-order valence-electron chi connectivity index (χ4n) is 2.98. The Morgan fingerprint density at radius 1 is 1.38 bits per heavy atom. The second-order valence-corrected chi connectivity index (χ2v) is 6.06. The van der Waals surface area contributed by atoms with Gasteiger partial charge < -0.3 is 15.0 Å². The lowest BCUT2D eigenvalue weighted by molar-refractivity contribution is -0.148. The van der Waals surface area contributed by atoms with Gasteiger partial charge in [0.15, 0.2) is 0 Å². The molecule has 24 heavy (non-hydrogen) atoms. The number of hydrogen-bond acceptors (Lipinski definition) is 3. The van der Waals surface area contributed by atoms with Crippen LogP contribution in [-0.4, -0.2) is 43.6 Å². The molecule has 1 fully saturated rings. The van der Waals surface area contributed by atoms with Gasteiger partial charge >= 0.3 is 12.0 Å². The van der Waals surface area contributed by atoms with Crippen LogP contribution in [0, 0.1) is 23.5 Å². The van der Waals surface area contributed by atoms with Gasteiger partial charge in [-0.15, -0.1) is 0 Å². The molecule has 5 nitrogen and oxygen atoms in total. The number of nitrogens with one attached hydrogen (secondary N) is 1. The molecule has 1 N–H and O–H groups in total. The number of rotatable bonds is 4. The van der Waals surface area contributed by atoms with Crippen LogP contribution in [0.1, 0.15) is 18.9 Å². The monoisotopic (exact) mass is 340 g/mol. The van der Waals surface area contributed by atoms with Crippen LogP contribution < -0.4 is 5.32 Å². The van der Waals surface area contributed by atoms with E-state index in [9.17, 15) is 18.4 Å². The summed E-state index contributed by atoms with van der Waals surface area (Å²) >= 11 is 0. The standard InChI is InChI=1S/C17H22F2N2O3/c1-11-10-21(8-6-14(11)16(22)24-2)17(23)20-7-5-12-9-13(18)3-4-15(12)19/h3-4,9,11,14H,5-8,10H2,1-2H3,(H,20,23)/t11-,14+/m0/s1. The molecule has 0 bridgehead atoms. The zero-order valence-electron chi connectivity index (χ0n) is 13.9. The van der Waals surface area contributed by atoms with Gasteiger partial charge in [0.05, 0.1) is 13.0 Å². The first kappa shape index (κ1) is 18.2. The van der Waals surface area contributed by atoms with Crippen molar-refractivity contribution in [3.63, 3.8) is 0 Å². The number of nitrogens with zero attached hydrogens (tertiary/aromatic N) is 1. The van der Waals surface area contributed by atoms with Gasteiger partial charge in [-0.3, -0.25) is 4.79 Å². The number of likely N-dealkylation sites (tertiary alicyclic amines) is 1. The van der Waals surface area contributed by atoms with Crippen LogP contribution in [0.4, 0.5) is 13.6 Å². The largest absolute Gasteiger partial charge is 0.469 e. The SMILES string of the molecule is COC(=O)[C@@H]1CCN(C(=O)NCCc2cc(F)ccc2F)C[C@@H]1C. The van der Waals surface area contributed by atoms with Crippen LogP contribution in [0.5, 0.6) is 0 Å². The van der Waals surface area contributed by atoms with Crippen molar-refractivity contribution in [1.29, 1.82) is 0 Å². The van der Waals surface area contributed by atoms with Crippen molar-refractivity contribution in [2.75, 3.05) is 26.7 Å². The van der Waals surface area contributed by atoms with Crippen LogP contribution in [-0.2, 0) is 16.0 Å². The summed E-state index contributed by atoms with van der Waals surface area (Å²) in [7, 11) is 1.36. The Labute approximate surface area is 140 Å². The molecule has 1 heterocycles. The molecule has 0 unspecified atom stereocenters. The Hall–Kier alpha value is -2.18. The van der Waals surface area contributed by atoms with Crippen LogP contribution >= 0.6 is 0 Å². The highest BCUT2D eigenvalue weighted by Gasteiger charge is 2.33. The maximum absolute atomic E-state index is 13.5. The molecule has 0 spiro atoms. The van der Waals surface area contributed by atoms with E-state index in [1.54, 1.807) is 4.90 Å². The number of urea groups is 1. The molecular formula is C17H22F2N2O3. The Kier molecular flexibility index (Phi) is 6.11. The predicted octanol–water partition coefficient (Wildman–Crippen LogP) is 2.35. The highest BCUT2D eigenvalue weighted by molar-refractivity contribution is 5.76. The van der Waals surface area contributed by atoms with Crippen molar-refractivity contribution >= 4 is 12.0 Å². The van der Waals surface area contributed by atoms with E-state index >= 15 is 0 Å². The maximum Gasteiger partial charge on any atom is 0.317 e. The highest BCUT2D eigenvalue weighted by atomic mass is 19.1. The number of methoxy groups -OCH3 is 1. The normalized spacial score (nSPS) is 20.6.